The Morgan fingerprint density at radius 2 is 1.89 bits per heavy atom. The van der Waals surface area contributed by atoms with Crippen LogP contribution in [0.2, 0.25) is 0 Å². The first-order chi connectivity index (χ1) is 13.4. The molecule has 2 aliphatic rings. The number of amides is 2. The minimum atomic E-state index is -0.558. The summed E-state index contributed by atoms with van der Waals surface area (Å²) >= 11 is 0. The molecule has 2 aromatic rings. The lowest BCUT2D eigenvalue weighted by Crippen LogP contribution is -2.45. The van der Waals surface area contributed by atoms with Gasteiger partial charge < -0.3 is 14.6 Å². The van der Waals surface area contributed by atoms with Gasteiger partial charge in [0.2, 0.25) is 0 Å². The van der Waals surface area contributed by atoms with Gasteiger partial charge in [0.25, 0.3) is 17.4 Å². The van der Waals surface area contributed by atoms with Gasteiger partial charge in [0.05, 0.1) is 12.3 Å². The summed E-state index contributed by atoms with van der Waals surface area (Å²) < 4.78 is 7.31. The van der Waals surface area contributed by atoms with E-state index in [1.807, 2.05) is 0 Å². The molecule has 0 radical (unpaired) electrons. The van der Waals surface area contributed by atoms with Crippen LogP contribution in [-0.2, 0) is 14.1 Å². The van der Waals surface area contributed by atoms with Gasteiger partial charge >= 0.3 is 5.69 Å². The molecule has 1 aliphatic carbocycles. The second kappa shape index (κ2) is 6.81. The number of hydrogen-bond donors (Lipinski definition) is 1. The lowest BCUT2D eigenvalue weighted by Gasteiger charge is -2.20. The van der Waals surface area contributed by atoms with E-state index in [9.17, 15) is 19.2 Å². The zero-order chi connectivity index (χ0) is 20.0. The maximum atomic E-state index is 12.8. The molecule has 1 N–H and O–H groups in total. The van der Waals surface area contributed by atoms with E-state index in [0.717, 1.165) is 28.0 Å². The summed E-state index contributed by atoms with van der Waals surface area (Å²) in [6, 6.07) is 4.20. The summed E-state index contributed by atoms with van der Waals surface area (Å²) in [5.74, 6) is 0.197. The Morgan fingerprint density at radius 1 is 1.14 bits per heavy atom. The molecular formula is C19H22N4O5. The Bertz CT molecular complexity index is 1030. The first kappa shape index (κ1) is 18.3. The molecule has 4 rings (SSSR count). The average molecular weight is 386 g/mol. The van der Waals surface area contributed by atoms with Crippen molar-refractivity contribution in [2.24, 2.45) is 25.9 Å². The fourth-order valence-electron chi connectivity index (χ4n) is 3.90. The first-order valence-corrected chi connectivity index (χ1v) is 9.27. The Morgan fingerprint density at radius 3 is 2.54 bits per heavy atom. The van der Waals surface area contributed by atoms with Gasteiger partial charge in [0.15, 0.2) is 5.76 Å². The van der Waals surface area contributed by atoms with Crippen molar-refractivity contribution >= 4 is 11.8 Å². The van der Waals surface area contributed by atoms with Crippen LogP contribution in [-0.4, -0.2) is 45.0 Å². The molecule has 2 fully saturated rings. The van der Waals surface area contributed by atoms with Crippen molar-refractivity contribution in [2.75, 3.05) is 13.1 Å². The molecule has 148 valence electrons. The first-order valence-electron chi connectivity index (χ1n) is 9.27. The lowest BCUT2D eigenvalue weighted by atomic mass is 9.98. The normalized spacial score (nSPS) is 21.7. The van der Waals surface area contributed by atoms with E-state index < -0.39 is 17.2 Å². The van der Waals surface area contributed by atoms with Crippen LogP contribution >= 0.6 is 0 Å². The van der Waals surface area contributed by atoms with E-state index in [2.05, 4.69) is 5.32 Å². The van der Waals surface area contributed by atoms with Gasteiger partial charge in [-0.05, 0) is 30.9 Å². The number of hydrogen-bond acceptors (Lipinski definition) is 5. The summed E-state index contributed by atoms with van der Waals surface area (Å²) in [6.45, 7) is 0.913. The van der Waals surface area contributed by atoms with Gasteiger partial charge in [0.1, 0.15) is 5.69 Å². The third kappa shape index (κ3) is 3.17. The largest absolute Gasteiger partial charge is 0.459 e. The maximum Gasteiger partial charge on any atom is 0.331 e. The zero-order valence-electron chi connectivity index (χ0n) is 15.8. The number of nitrogens with one attached hydrogen (secondary N) is 1. The van der Waals surface area contributed by atoms with E-state index in [1.54, 1.807) is 17.0 Å². The summed E-state index contributed by atoms with van der Waals surface area (Å²) in [5, 5.41) is 2.94. The van der Waals surface area contributed by atoms with E-state index in [0.29, 0.717) is 19.0 Å². The molecule has 9 heteroatoms. The molecule has 3 heterocycles. The van der Waals surface area contributed by atoms with Crippen molar-refractivity contribution in [3.8, 4) is 0 Å². The average Bonchev–Trinajstić information content (AvgIpc) is 3.20. The smallest absolute Gasteiger partial charge is 0.331 e. The van der Waals surface area contributed by atoms with Crippen molar-refractivity contribution in [3.63, 3.8) is 0 Å². The van der Waals surface area contributed by atoms with Crippen LogP contribution in [0.3, 0.4) is 0 Å². The Balaban J connectivity index is 1.55. The Hall–Kier alpha value is -3.10. The molecule has 1 saturated carbocycles. The highest BCUT2D eigenvalue weighted by Crippen LogP contribution is 2.41. The van der Waals surface area contributed by atoms with Crippen molar-refractivity contribution in [3.05, 3.63) is 56.8 Å². The molecule has 2 amide bonds. The molecular weight excluding hydrogens is 364 g/mol. The number of likely N-dealkylation sites (tertiary alicyclic amines) is 1. The van der Waals surface area contributed by atoms with Gasteiger partial charge in [-0.3, -0.25) is 23.5 Å². The molecule has 0 unspecified atom stereocenters. The third-order valence-electron chi connectivity index (χ3n) is 5.69. The number of furan rings is 1. The minimum Gasteiger partial charge on any atom is -0.459 e. The fraction of sp³-hybridized carbons (Fsp3) is 0.474. The second-order valence-electron chi connectivity index (χ2n) is 7.54. The molecule has 2 aromatic heterocycles. The number of nitrogens with zero attached hydrogens (tertiary/aromatic N) is 3. The predicted octanol–water partition coefficient (Wildman–Crippen LogP) is -0.0424. The van der Waals surface area contributed by atoms with Crippen molar-refractivity contribution in [1.29, 1.82) is 0 Å². The van der Waals surface area contributed by atoms with Crippen LogP contribution in [0.1, 0.15) is 33.9 Å². The molecule has 1 saturated heterocycles. The van der Waals surface area contributed by atoms with E-state index in [1.165, 1.54) is 20.4 Å². The highest BCUT2D eigenvalue weighted by atomic mass is 16.3. The Labute approximate surface area is 160 Å². The van der Waals surface area contributed by atoms with Crippen LogP contribution < -0.4 is 16.6 Å². The van der Waals surface area contributed by atoms with Gasteiger partial charge in [-0.2, -0.15) is 0 Å². The maximum absolute atomic E-state index is 12.8. The summed E-state index contributed by atoms with van der Waals surface area (Å²) in [4.78, 5) is 51.1. The molecule has 0 spiro atoms. The van der Waals surface area contributed by atoms with Gasteiger partial charge in [-0.1, -0.05) is 0 Å². The minimum absolute atomic E-state index is 0.0125. The van der Waals surface area contributed by atoms with Gasteiger partial charge in [-0.15, -0.1) is 0 Å². The van der Waals surface area contributed by atoms with Crippen LogP contribution in [0.5, 0.6) is 0 Å². The Kier molecular flexibility index (Phi) is 4.44. The monoisotopic (exact) mass is 386 g/mol. The van der Waals surface area contributed by atoms with Crippen molar-refractivity contribution in [1.82, 2.24) is 19.4 Å². The summed E-state index contributed by atoms with van der Waals surface area (Å²) in [5.41, 5.74) is -1.08. The van der Waals surface area contributed by atoms with E-state index >= 15 is 0 Å². The predicted molar refractivity (Wildman–Crippen MR) is 99.0 cm³/mol. The van der Waals surface area contributed by atoms with Gasteiger partial charge in [-0.25, -0.2) is 4.79 Å². The number of carbonyl (C=O) groups is 2. The highest BCUT2D eigenvalue weighted by molar-refractivity contribution is 5.93. The van der Waals surface area contributed by atoms with Crippen LogP contribution in [0.4, 0.5) is 0 Å². The molecule has 9 nitrogen and oxygen atoms in total. The highest BCUT2D eigenvalue weighted by Gasteiger charge is 2.45. The summed E-state index contributed by atoms with van der Waals surface area (Å²) in [7, 11) is 2.82. The molecule has 28 heavy (non-hydrogen) atoms. The van der Waals surface area contributed by atoms with Crippen molar-refractivity contribution in [2.45, 2.75) is 18.9 Å². The van der Waals surface area contributed by atoms with Crippen LogP contribution in [0.25, 0.3) is 0 Å². The van der Waals surface area contributed by atoms with E-state index in [4.69, 9.17) is 4.42 Å². The molecule has 2 atom stereocenters. The molecule has 1 aliphatic heterocycles. The van der Waals surface area contributed by atoms with Gasteiger partial charge in [0, 0.05) is 39.2 Å². The molecule has 0 bridgehead atoms. The standard InChI is InChI=1S/C19H22N4O5/c1-21-14(8-16(24)22(2)19(21)27)17(25)20-13-10-23(9-12(13)11-5-6-11)18(26)15-4-3-7-28-15/h3-4,7-8,11-13H,5-6,9-10H2,1-2H3,(H,20,25)/t12-,13+/m0/s1. The number of carbonyl (C=O) groups excluding carboxylic acids is 2. The third-order valence-corrected chi connectivity index (χ3v) is 5.69. The van der Waals surface area contributed by atoms with E-state index in [-0.39, 0.29) is 29.3 Å². The topological polar surface area (TPSA) is 107 Å². The summed E-state index contributed by atoms with van der Waals surface area (Å²) in [6.07, 6.45) is 3.60. The lowest BCUT2D eigenvalue weighted by molar-refractivity contribution is 0.0749. The van der Waals surface area contributed by atoms with Crippen LogP contribution in [0, 0.1) is 11.8 Å². The quantitative estimate of drug-likeness (QED) is 0.793. The molecule has 0 aromatic carbocycles. The number of aromatic nitrogens is 2. The number of rotatable bonds is 4. The fourth-order valence-corrected chi connectivity index (χ4v) is 3.90. The zero-order valence-corrected chi connectivity index (χ0v) is 15.8. The van der Waals surface area contributed by atoms with Crippen molar-refractivity contribution < 1.29 is 14.0 Å². The van der Waals surface area contributed by atoms with Crippen LogP contribution in [0.15, 0.2) is 38.5 Å². The second-order valence-corrected chi connectivity index (χ2v) is 7.54. The SMILES string of the molecule is Cn1c(C(=O)N[C@@H]2CN(C(=O)c3ccco3)C[C@H]2C2CC2)cc(=O)n(C)c1=O.